The standard InChI is InChI=1S/C7H8Cl2N2O/c1-4(12)2-5-6(8)10-3-11-7(5)9/h3-4,12H,2H2,1H3. The lowest BCUT2D eigenvalue weighted by Gasteiger charge is -2.06. The summed E-state index contributed by atoms with van der Waals surface area (Å²) in [5.41, 5.74) is 0.593. The molecule has 0 spiro atoms. The summed E-state index contributed by atoms with van der Waals surface area (Å²) < 4.78 is 0. The maximum atomic E-state index is 9.08. The Hall–Kier alpha value is -0.380. The van der Waals surface area contributed by atoms with Crippen LogP contribution in [0.1, 0.15) is 12.5 Å². The molecule has 0 amide bonds. The van der Waals surface area contributed by atoms with E-state index < -0.39 is 6.10 Å². The second-order valence-corrected chi connectivity index (χ2v) is 3.20. The molecule has 0 saturated heterocycles. The molecule has 1 N–H and O–H groups in total. The quantitative estimate of drug-likeness (QED) is 0.750. The highest BCUT2D eigenvalue weighted by Gasteiger charge is 2.09. The fourth-order valence-electron chi connectivity index (χ4n) is 0.835. The van der Waals surface area contributed by atoms with Gasteiger partial charge in [0.05, 0.1) is 6.10 Å². The minimum absolute atomic E-state index is 0.302. The summed E-state index contributed by atoms with van der Waals surface area (Å²) in [5.74, 6) is 0. The lowest BCUT2D eigenvalue weighted by Crippen LogP contribution is -2.06. The van der Waals surface area contributed by atoms with E-state index in [1.807, 2.05) is 0 Å². The summed E-state index contributed by atoms with van der Waals surface area (Å²) in [4.78, 5) is 7.50. The van der Waals surface area contributed by atoms with Gasteiger partial charge in [0, 0.05) is 12.0 Å². The Kier molecular flexibility index (Phi) is 3.26. The molecule has 0 bridgehead atoms. The van der Waals surface area contributed by atoms with Crippen LogP contribution in [0.3, 0.4) is 0 Å². The first-order chi connectivity index (χ1) is 5.61. The molecule has 1 rings (SSSR count). The van der Waals surface area contributed by atoms with E-state index in [1.54, 1.807) is 6.92 Å². The van der Waals surface area contributed by atoms with Crippen molar-refractivity contribution < 1.29 is 5.11 Å². The molecule has 0 aliphatic heterocycles. The highest BCUT2D eigenvalue weighted by molar-refractivity contribution is 6.34. The van der Waals surface area contributed by atoms with Crippen molar-refractivity contribution in [1.82, 2.24) is 9.97 Å². The van der Waals surface area contributed by atoms with Crippen LogP contribution in [0.15, 0.2) is 6.33 Å². The van der Waals surface area contributed by atoms with Gasteiger partial charge in [-0.2, -0.15) is 0 Å². The number of aliphatic hydroxyl groups is 1. The molecule has 0 aromatic carbocycles. The summed E-state index contributed by atoms with van der Waals surface area (Å²) in [5, 5.41) is 9.69. The van der Waals surface area contributed by atoms with Crippen molar-refractivity contribution in [2.24, 2.45) is 0 Å². The van der Waals surface area contributed by atoms with Crippen molar-refractivity contribution >= 4 is 23.2 Å². The zero-order chi connectivity index (χ0) is 9.14. The van der Waals surface area contributed by atoms with Gasteiger partial charge in [-0.15, -0.1) is 0 Å². The molecule has 0 aliphatic rings. The molecule has 66 valence electrons. The van der Waals surface area contributed by atoms with Gasteiger partial charge in [0.15, 0.2) is 0 Å². The van der Waals surface area contributed by atoms with Gasteiger partial charge in [-0.25, -0.2) is 9.97 Å². The van der Waals surface area contributed by atoms with E-state index in [0.717, 1.165) is 0 Å². The van der Waals surface area contributed by atoms with Crippen LogP contribution in [-0.4, -0.2) is 21.2 Å². The van der Waals surface area contributed by atoms with E-state index in [1.165, 1.54) is 6.33 Å². The first kappa shape index (κ1) is 9.71. The Morgan fingerprint density at radius 1 is 1.42 bits per heavy atom. The van der Waals surface area contributed by atoms with Crippen molar-refractivity contribution in [3.05, 3.63) is 22.2 Å². The van der Waals surface area contributed by atoms with E-state index in [2.05, 4.69) is 9.97 Å². The van der Waals surface area contributed by atoms with Gasteiger partial charge in [0.2, 0.25) is 0 Å². The van der Waals surface area contributed by atoms with Crippen LogP contribution in [0.25, 0.3) is 0 Å². The van der Waals surface area contributed by atoms with Gasteiger partial charge >= 0.3 is 0 Å². The molecule has 1 heterocycles. The predicted molar refractivity (Wildman–Crippen MR) is 47.4 cm³/mol. The molecule has 5 heteroatoms. The third kappa shape index (κ3) is 2.30. The van der Waals surface area contributed by atoms with Crippen molar-refractivity contribution in [2.75, 3.05) is 0 Å². The zero-order valence-corrected chi connectivity index (χ0v) is 7.97. The number of nitrogens with zero attached hydrogens (tertiary/aromatic N) is 2. The molecule has 0 aliphatic carbocycles. The van der Waals surface area contributed by atoms with Crippen LogP contribution < -0.4 is 0 Å². The fraction of sp³-hybridized carbons (Fsp3) is 0.429. The van der Waals surface area contributed by atoms with E-state index in [4.69, 9.17) is 28.3 Å². The van der Waals surface area contributed by atoms with Crippen molar-refractivity contribution in [3.8, 4) is 0 Å². The third-order valence-electron chi connectivity index (χ3n) is 1.34. The molecule has 3 nitrogen and oxygen atoms in total. The van der Waals surface area contributed by atoms with Crippen molar-refractivity contribution in [3.63, 3.8) is 0 Å². The Labute approximate surface area is 80.4 Å². The summed E-state index contributed by atoms with van der Waals surface area (Å²) >= 11 is 11.5. The van der Waals surface area contributed by atoms with Crippen LogP contribution in [0, 0.1) is 0 Å². The first-order valence-corrected chi connectivity index (χ1v) is 4.19. The summed E-state index contributed by atoms with van der Waals surface area (Å²) in [6, 6.07) is 0. The third-order valence-corrected chi connectivity index (χ3v) is 1.99. The average molecular weight is 207 g/mol. The first-order valence-electron chi connectivity index (χ1n) is 3.44. The zero-order valence-electron chi connectivity index (χ0n) is 6.46. The molecule has 0 fully saturated rings. The Balaban J connectivity index is 2.96. The second kappa shape index (κ2) is 4.03. The van der Waals surface area contributed by atoms with E-state index in [0.29, 0.717) is 22.3 Å². The maximum absolute atomic E-state index is 9.08. The minimum Gasteiger partial charge on any atom is -0.393 e. The number of rotatable bonds is 2. The van der Waals surface area contributed by atoms with Gasteiger partial charge in [-0.3, -0.25) is 0 Å². The maximum Gasteiger partial charge on any atom is 0.137 e. The summed E-state index contributed by atoms with van der Waals surface area (Å²) in [6.45, 7) is 1.65. The van der Waals surface area contributed by atoms with Crippen LogP contribution >= 0.6 is 23.2 Å². The van der Waals surface area contributed by atoms with Crippen LogP contribution in [0.4, 0.5) is 0 Å². The molecule has 1 unspecified atom stereocenters. The monoisotopic (exact) mass is 206 g/mol. The molecule has 12 heavy (non-hydrogen) atoms. The SMILES string of the molecule is CC(O)Cc1c(Cl)ncnc1Cl. The Bertz CT molecular complexity index is 258. The normalized spacial score (nSPS) is 13.0. The second-order valence-electron chi connectivity index (χ2n) is 2.49. The molecular weight excluding hydrogens is 199 g/mol. The largest absolute Gasteiger partial charge is 0.393 e. The molecule has 1 atom stereocenters. The Morgan fingerprint density at radius 3 is 2.33 bits per heavy atom. The van der Waals surface area contributed by atoms with Crippen LogP contribution in [-0.2, 0) is 6.42 Å². The highest BCUT2D eigenvalue weighted by atomic mass is 35.5. The summed E-state index contributed by atoms with van der Waals surface area (Å²) in [6.07, 6.45) is 1.17. The number of aromatic nitrogens is 2. The number of halogens is 2. The smallest absolute Gasteiger partial charge is 0.137 e. The Morgan fingerprint density at radius 2 is 1.92 bits per heavy atom. The van der Waals surface area contributed by atoms with E-state index >= 15 is 0 Å². The molecular formula is C7H8Cl2N2O. The lowest BCUT2D eigenvalue weighted by atomic mass is 10.2. The molecule has 0 radical (unpaired) electrons. The number of hydrogen-bond acceptors (Lipinski definition) is 3. The predicted octanol–water partition coefficient (Wildman–Crippen LogP) is 1.71. The van der Waals surface area contributed by atoms with Crippen molar-refractivity contribution in [1.29, 1.82) is 0 Å². The van der Waals surface area contributed by atoms with Gasteiger partial charge in [0.1, 0.15) is 16.6 Å². The van der Waals surface area contributed by atoms with E-state index in [-0.39, 0.29) is 0 Å². The van der Waals surface area contributed by atoms with Crippen molar-refractivity contribution in [2.45, 2.75) is 19.4 Å². The van der Waals surface area contributed by atoms with Crippen LogP contribution in [0.5, 0.6) is 0 Å². The van der Waals surface area contributed by atoms with E-state index in [9.17, 15) is 0 Å². The molecule has 0 saturated carbocycles. The fourth-order valence-corrected chi connectivity index (χ4v) is 1.30. The minimum atomic E-state index is -0.494. The number of aliphatic hydroxyl groups excluding tert-OH is 1. The number of hydrogen-bond donors (Lipinski definition) is 1. The average Bonchev–Trinajstić information content (AvgIpc) is 1.97. The summed E-state index contributed by atoms with van der Waals surface area (Å²) in [7, 11) is 0. The lowest BCUT2D eigenvalue weighted by molar-refractivity contribution is 0.195. The van der Waals surface area contributed by atoms with Gasteiger partial charge < -0.3 is 5.11 Å². The van der Waals surface area contributed by atoms with Gasteiger partial charge in [-0.05, 0) is 6.92 Å². The van der Waals surface area contributed by atoms with Gasteiger partial charge in [0.25, 0.3) is 0 Å². The molecule has 1 aromatic heterocycles. The van der Waals surface area contributed by atoms with Crippen LogP contribution in [0.2, 0.25) is 10.3 Å². The molecule has 1 aromatic rings. The highest BCUT2D eigenvalue weighted by Crippen LogP contribution is 2.20. The topological polar surface area (TPSA) is 46.0 Å². The van der Waals surface area contributed by atoms with Gasteiger partial charge in [-0.1, -0.05) is 23.2 Å².